The molecule has 3 aromatic heterocycles. The van der Waals surface area contributed by atoms with Crippen molar-refractivity contribution in [1.82, 2.24) is 24.9 Å². The minimum absolute atomic E-state index is 0.133. The zero-order valence-corrected chi connectivity index (χ0v) is 19.3. The molecule has 0 radical (unpaired) electrons. The number of pyridine rings is 1. The lowest BCUT2D eigenvalue weighted by molar-refractivity contribution is 0.0696. The van der Waals surface area contributed by atoms with Gasteiger partial charge in [-0.05, 0) is 30.2 Å². The highest BCUT2D eigenvalue weighted by Gasteiger charge is 2.39. The van der Waals surface area contributed by atoms with E-state index in [2.05, 4.69) is 25.5 Å². The van der Waals surface area contributed by atoms with E-state index in [-0.39, 0.29) is 11.3 Å². The van der Waals surface area contributed by atoms with Gasteiger partial charge in [-0.2, -0.15) is 0 Å². The Morgan fingerprint density at radius 1 is 1.17 bits per heavy atom. The van der Waals surface area contributed by atoms with Crippen molar-refractivity contribution >= 4 is 34.7 Å². The van der Waals surface area contributed by atoms with Gasteiger partial charge in [-0.15, -0.1) is 5.10 Å². The first-order chi connectivity index (χ1) is 17.4. The van der Waals surface area contributed by atoms with Crippen molar-refractivity contribution in [1.29, 1.82) is 0 Å². The fourth-order valence-corrected chi connectivity index (χ4v) is 4.57. The van der Waals surface area contributed by atoms with E-state index in [0.29, 0.717) is 35.8 Å². The molecule has 4 aromatic rings. The minimum Gasteiger partial charge on any atom is -0.478 e. The summed E-state index contributed by atoms with van der Waals surface area (Å²) < 4.78 is 14.8. The maximum absolute atomic E-state index is 13.3. The first-order valence-corrected chi connectivity index (χ1v) is 11.5. The molecule has 1 aromatic carbocycles. The van der Waals surface area contributed by atoms with Crippen molar-refractivity contribution in [2.45, 2.75) is 25.1 Å². The maximum atomic E-state index is 13.3. The van der Waals surface area contributed by atoms with Crippen LogP contribution in [0.1, 0.15) is 32.8 Å². The molecule has 11 heteroatoms. The van der Waals surface area contributed by atoms with Crippen LogP contribution in [0.15, 0.2) is 48.8 Å². The molecule has 0 saturated heterocycles. The van der Waals surface area contributed by atoms with E-state index < -0.39 is 24.1 Å². The number of hydrogen-bond acceptors (Lipinski definition) is 7. The second-order valence-corrected chi connectivity index (χ2v) is 8.82. The summed E-state index contributed by atoms with van der Waals surface area (Å²) in [6.07, 6.45) is 2.86. The first-order valence-electron chi connectivity index (χ1n) is 11.5. The third-order valence-electron chi connectivity index (χ3n) is 6.58. The van der Waals surface area contributed by atoms with Crippen LogP contribution in [0.25, 0.3) is 16.9 Å². The number of nitrogens with zero attached hydrogens (tertiary/aromatic N) is 5. The quantitative estimate of drug-likeness (QED) is 0.379. The Labute approximate surface area is 204 Å². The molecule has 1 aliphatic heterocycles. The standard InChI is InChI=1S/C25H22FN7O3/c1-27-19-10-22(31-33-21(12-29-23(19)33)24(34)30-18-9-16(18)26)32-8-7-15-14(3-2-4-20(15)32)17-6-5-13(11-28-17)25(35)36/h2-6,10-12,16,18,27H,7-9H2,1H3,(H,30,34)(H,35,36)/t16-,18+/m0/s1. The van der Waals surface area contributed by atoms with Crippen molar-refractivity contribution in [3.8, 4) is 11.3 Å². The molecule has 1 saturated carbocycles. The second kappa shape index (κ2) is 8.29. The molecule has 4 heterocycles. The van der Waals surface area contributed by atoms with E-state index in [1.807, 2.05) is 24.3 Å². The highest BCUT2D eigenvalue weighted by molar-refractivity contribution is 5.94. The Kier molecular flexibility index (Phi) is 5.06. The smallest absolute Gasteiger partial charge is 0.337 e. The molecule has 2 atom stereocenters. The summed E-state index contributed by atoms with van der Waals surface area (Å²) >= 11 is 0. The summed E-state index contributed by atoms with van der Waals surface area (Å²) in [6.45, 7) is 0.656. The number of halogens is 1. The molecule has 1 fully saturated rings. The normalized spacial score (nSPS) is 18.2. The van der Waals surface area contributed by atoms with Crippen LogP contribution in [0.4, 0.5) is 21.6 Å². The fraction of sp³-hybridized carbons (Fsp3) is 0.240. The Hall–Kier alpha value is -4.54. The Morgan fingerprint density at radius 2 is 2.00 bits per heavy atom. The number of rotatable bonds is 6. The van der Waals surface area contributed by atoms with Gasteiger partial charge in [-0.3, -0.25) is 9.78 Å². The van der Waals surface area contributed by atoms with Crippen molar-refractivity contribution < 1.29 is 19.1 Å². The average Bonchev–Trinajstić information content (AvgIpc) is 3.25. The summed E-state index contributed by atoms with van der Waals surface area (Å²) in [5.74, 6) is -0.812. The maximum Gasteiger partial charge on any atom is 0.337 e. The van der Waals surface area contributed by atoms with Crippen LogP contribution in [-0.4, -0.2) is 62.4 Å². The number of imidazole rings is 1. The van der Waals surface area contributed by atoms with Gasteiger partial charge in [-0.1, -0.05) is 12.1 Å². The first kappa shape index (κ1) is 22.0. The largest absolute Gasteiger partial charge is 0.478 e. The van der Waals surface area contributed by atoms with Crippen LogP contribution in [0, 0.1) is 0 Å². The monoisotopic (exact) mass is 487 g/mol. The lowest BCUT2D eigenvalue weighted by atomic mass is 10.0. The molecule has 6 rings (SSSR count). The Morgan fingerprint density at radius 3 is 2.69 bits per heavy atom. The van der Waals surface area contributed by atoms with Gasteiger partial charge in [0.05, 0.1) is 29.2 Å². The minimum atomic E-state index is -1.02. The van der Waals surface area contributed by atoms with Crippen LogP contribution >= 0.6 is 0 Å². The van der Waals surface area contributed by atoms with Crippen LogP contribution in [0.2, 0.25) is 0 Å². The van der Waals surface area contributed by atoms with Gasteiger partial charge >= 0.3 is 5.97 Å². The van der Waals surface area contributed by atoms with Gasteiger partial charge in [0, 0.05) is 43.5 Å². The summed E-state index contributed by atoms with van der Waals surface area (Å²) in [5.41, 5.74) is 5.21. The van der Waals surface area contributed by atoms with Gasteiger partial charge in [-0.25, -0.2) is 18.7 Å². The number of carboxylic acid groups (broad SMARTS) is 1. The number of aromatic nitrogens is 4. The van der Waals surface area contributed by atoms with E-state index in [0.717, 1.165) is 23.2 Å². The number of anilines is 3. The number of carbonyl (C=O) groups is 2. The highest BCUT2D eigenvalue weighted by Crippen LogP contribution is 2.39. The van der Waals surface area contributed by atoms with Crippen LogP contribution in [0.5, 0.6) is 0 Å². The number of carboxylic acids is 1. The third kappa shape index (κ3) is 3.60. The summed E-state index contributed by atoms with van der Waals surface area (Å²) in [4.78, 5) is 34.7. The molecule has 0 unspecified atom stereocenters. The molecule has 36 heavy (non-hydrogen) atoms. The van der Waals surface area contributed by atoms with Gasteiger partial charge in [0.15, 0.2) is 17.2 Å². The van der Waals surface area contributed by atoms with Gasteiger partial charge in [0.2, 0.25) is 0 Å². The fourth-order valence-electron chi connectivity index (χ4n) is 4.57. The number of aromatic carboxylic acids is 1. The van der Waals surface area contributed by atoms with Gasteiger partial charge in [0.25, 0.3) is 5.91 Å². The molecule has 3 N–H and O–H groups in total. The summed E-state index contributed by atoms with van der Waals surface area (Å²) in [5, 5.41) is 19.7. The lowest BCUT2D eigenvalue weighted by Crippen LogP contribution is -2.28. The molecular formula is C25H22FN7O3. The summed E-state index contributed by atoms with van der Waals surface area (Å²) in [6, 6.07) is 10.6. The molecule has 10 nitrogen and oxygen atoms in total. The number of nitrogens with one attached hydrogen (secondary N) is 2. The third-order valence-corrected chi connectivity index (χ3v) is 6.58. The topological polar surface area (TPSA) is 125 Å². The molecular weight excluding hydrogens is 465 g/mol. The zero-order valence-electron chi connectivity index (χ0n) is 19.3. The molecule has 0 bridgehead atoms. The number of benzene rings is 1. The van der Waals surface area contributed by atoms with Crippen molar-refractivity contribution in [3.63, 3.8) is 0 Å². The van der Waals surface area contributed by atoms with Crippen molar-refractivity contribution in [2.75, 3.05) is 23.8 Å². The summed E-state index contributed by atoms with van der Waals surface area (Å²) in [7, 11) is 1.77. The number of amides is 1. The van der Waals surface area contributed by atoms with Crippen LogP contribution in [-0.2, 0) is 6.42 Å². The predicted molar refractivity (Wildman–Crippen MR) is 131 cm³/mol. The molecule has 182 valence electrons. The van der Waals surface area contributed by atoms with E-state index >= 15 is 0 Å². The molecule has 0 spiro atoms. The Balaban J connectivity index is 1.39. The average molecular weight is 487 g/mol. The van der Waals surface area contributed by atoms with E-state index in [4.69, 9.17) is 10.2 Å². The second-order valence-electron chi connectivity index (χ2n) is 8.82. The number of fused-ring (bicyclic) bond motifs is 2. The van der Waals surface area contributed by atoms with E-state index in [9.17, 15) is 14.0 Å². The highest BCUT2D eigenvalue weighted by atomic mass is 19.1. The predicted octanol–water partition coefficient (Wildman–Crippen LogP) is 3.07. The number of hydrogen-bond donors (Lipinski definition) is 3. The van der Waals surface area contributed by atoms with Gasteiger partial charge in [0.1, 0.15) is 6.17 Å². The lowest BCUT2D eigenvalue weighted by Gasteiger charge is -2.20. The number of carbonyl (C=O) groups excluding carboxylic acids is 1. The van der Waals surface area contributed by atoms with Gasteiger partial charge < -0.3 is 20.6 Å². The van der Waals surface area contributed by atoms with Crippen molar-refractivity contribution in [2.24, 2.45) is 0 Å². The van der Waals surface area contributed by atoms with Crippen LogP contribution < -0.4 is 15.5 Å². The van der Waals surface area contributed by atoms with E-state index in [1.165, 1.54) is 16.9 Å². The van der Waals surface area contributed by atoms with Crippen LogP contribution in [0.3, 0.4) is 0 Å². The zero-order chi connectivity index (χ0) is 25.0. The Bertz CT molecular complexity index is 1520. The SMILES string of the molecule is CNc1cc(N2CCc3c(-c4ccc(C(=O)O)cn4)cccc32)nn2c(C(=O)N[C@@H]3C[C@@H]3F)cnc12. The molecule has 1 aliphatic carbocycles. The molecule has 2 aliphatic rings. The van der Waals surface area contributed by atoms with Crippen molar-refractivity contribution in [3.05, 3.63) is 65.6 Å². The molecule has 1 amide bonds. The van der Waals surface area contributed by atoms with E-state index in [1.54, 1.807) is 19.2 Å². The number of alkyl halides is 1.